The average molecular weight is 364 g/mol. The van der Waals surface area contributed by atoms with Gasteiger partial charge in [0.25, 0.3) is 0 Å². The fourth-order valence-corrected chi connectivity index (χ4v) is 3.82. The summed E-state index contributed by atoms with van der Waals surface area (Å²) < 4.78 is 12.3. The smallest absolute Gasteiger partial charge is 0.195 e. The van der Waals surface area contributed by atoms with Crippen molar-refractivity contribution >= 4 is 22.6 Å². The zero-order valence-corrected chi connectivity index (χ0v) is 15.1. The summed E-state index contributed by atoms with van der Waals surface area (Å²) in [5.41, 5.74) is 4.02. The third-order valence-corrected chi connectivity index (χ3v) is 5.09. The molecule has 4 aromatic rings. The zero-order chi connectivity index (χ0) is 18.1. The minimum atomic E-state index is 0.539. The number of fused-ring (bicyclic) bond motifs is 1. The topological polar surface area (TPSA) is 52.8 Å². The Balaban J connectivity index is 1.86. The van der Waals surface area contributed by atoms with Crippen molar-refractivity contribution in [2.45, 2.75) is 0 Å². The molecule has 0 radical (unpaired) electrons. The lowest BCUT2D eigenvalue weighted by atomic mass is 10.1. The van der Waals surface area contributed by atoms with E-state index in [0.29, 0.717) is 11.4 Å². The van der Waals surface area contributed by atoms with Crippen LogP contribution in [0.4, 0.5) is 0 Å². The van der Waals surface area contributed by atoms with Crippen LogP contribution in [0.25, 0.3) is 27.5 Å². The van der Waals surface area contributed by atoms with E-state index >= 15 is 0 Å². The molecule has 0 fully saturated rings. The van der Waals surface area contributed by atoms with Crippen molar-refractivity contribution < 1.29 is 14.3 Å². The molecule has 4 rings (SSSR count). The van der Waals surface area contributed by atoms with Crippen LogP contribution in [-0.2, 0) is 0 Å². The molecule has 0 aliphatic rings. The summed E-state index contributed by atoms with van der Waals surface area (Å²) in [5.74, 6) is 1.56. The Bertz CT molecular complexity index is 1060. The first kappa shape index (κ1) is 16.4. The van der Waals surface area contributed by atoms with Crippen molar-refractivity contribution in [3.05, 3.63) is 59.6 Å². The Labute approximate surface area is 154 Å². The highest BCUT2D eigenvalue weighted by Gasteiger charge is 2.18. The number of ether oxygens (including phenoxy) is 2. The standard InChI is InChI=1S/C20H16N2O3S/c1-24-15-7-3-13(4-8-15)18-12-26-20-21-19(17(11-23)22(18)20)14-5-9-16(25-2)10-6-14/h3-12H,1-2H3. The molecule has 0 atom stereocenters. The van der Waals surface area contributed by atoms with Gasteiger partial charge in [-0.25, -0.2) is 4.98 Å². The summed E-state index contributed by atoms with van der Waals surface area (Å²) in [6.07, 6.45) is 0.860. The monoisotopic (exact) mass is 364 g/mol. The van der Waals surface area contributed by atoms with E-state index in [-0.39, 0.29) is 0 Å². The van der Waals surface area contributed by atoms with Gasteiger partial charge in [0.05, 0.1) is 19.9 Å². The molecule has 0 aliphatic carbocycles. The average Bonchev–Trinajstić information content (AvgIpc) is 3.27. The van der Waals surface area contributed by atoms with Crippen LogP contribution in [0.1, 0.15) is 10.5 Å². The van der Waals surface area contributed by atoms with Gasteiger partial charge in [-0.15, -0.1) is 11.3 Å². The molecule has 0 saturated carbocycles. The van der Waals surface area contributed by atoms with Gasteiger partial charge in [0.2, 0.25) is 0 Å². The zero-order valence-electron chi connectivity index (χ0n) is 14.3. The minimum Gasteiger partial charge on any atom is -0.497 e. The van der Waals surface area contributed by atoms with Crippen molar-refractivity contribution in [2.75, 3.05) is 14.2 Å². The van der Waals surface area contributed by atoms with Crippen LogP contribution >= 0.6 is 11.3 Å². The molecule has 6 heteroatoms. The summed E-state index contributed by atoms with van der Waals surface area (Å²) in [6, 6.07) is 15.3. The van der Waals surface area contributed by atoms with Crippen LogP contribution in [0.3, 0.4) is 0 Å². The van der Waals surface area contributed by atoms with Gasteiger partial charge in [0.1, 0.15) is 22.9 Å². The molecule has 2 heterocycles. The number of rotatable bonds is 5. The second-order valence-electron chi connectivity index (χ2n) is 5.66. The second-order valence-corrected chi connectivity index (χ2v) is 6.50. The number of benzene rings is 2. The van der Waals surface area contributed by atoms with Crippen molar-refractivity contribution in [1.82, 2.24) is 9.38 Å². The first-order valence-corrected chi connectivity index (χ1v) is 8.87. The summed E-state index contributed by atoms with van der Waals surface area (Å²) in [7, 11) is 3.26. The van der Waals surface area contributed by atoms with Gasteiger partial charge >= 0.3 is 0 Å². The number of nitrogens with zero attached hydrogens (tertiary/aromatic N) is 2. The quantitative estimate of drug-likeness (QED) is 0.487. The van der Waals surface area contributed by atoms with Crippen LogP contribution in [0.5, 0.6) is 11.5 Å². The minimum absolute atomic E-state index is 0.539. The van der Waals surface area contributed by atoms with Crippen molar-refractivity contribution in [3.8, 4) is 34.0 Å². The van der Waals surface area contributed by atoms with E-state index in [2.05, 4.69) is 4.98 Å². The molecule has 2 aromatic heterocycles. The third kappa shape index (κ3) is 2.64. The van der Waals surface area contributed by atoms with Crippen LogP contribution < -0.4 is 9.47 Å². The van der Waals surface area contributed by atoms with Gasteiger partial charge in [0.15, 0.2) is 11.2 Å². The molecule has 0 spiro atoms. The number of hydrogen-bond acceptors (Lipinski definition) is 5. The molecule has 0 N–H and O–H groups in total. The normalized spacial score (nSPS) is 10.8. The lowest BCUT2D eigenvalue weighted by molar-refractivity contribution is 0.111. The van der Waals surface area contributed by atoms with Crippen LogP contribution in [0.15, 0.2) is 53.9 Å². The van der Waals surface area contributed by atoms with Gasteiger partial charge in [-0.3, -0.25) is 9.20 Å². The van der Waals surface area contributed by atoms with E-state index in [1.54, 1.807) is 14.2 Å². The van der Waals surface area contributed by atoms with Crippen LogP contribution in [0, 0.1) is 0 Å². The number of imidazole rings is 1. The Kier molecular flexibility index (Phi) is 4.18. The lowest BCUT2D eigenvalue weighted by Gasteiger charge is -2.05. The van der Waals surface area contributed by atoms with E-state index in [4.69, 9.17) is 9.47 Å². The predicted octanol–water partition coefficient (Wildman–Crippen LogP) is 4.56. The molecule has 0 saturated heterocycles. The van der Waals surface area contributed by atoms with E-state index in [0.717, 1.165) is 39.6 Å². The number of aromatic nitrogens is 2. The Hall–Kier alpha value is -3.12. The number of carbonyl (C=O) groups excluding carboxylic acids is 1. The van der Waals surface area contributed by atoms with E-state index < -0.39 is 0 Å². The summed E-state index contributed by atoms with van der Waals surface area (Å²) in [4.78, 5) is 17.3. The molecule has 0 unspecified atom stereocenters. The SMILES string of the molecule is COc1ccc(-c2nc3scc(-c4ccc(OC)cc4)n3c2C=O)cc1. The number of hydrogen-bond donors (Lipinski definition) is 0. The van der Waals surface area contributed by atoms with Crippen molar-refractivity contribution in [1.29, 1.82) is 0 Å². The summed E-state index contributed by atoms with van der Waals surface area (Å²) in [6.45, 7) is 0. The van der Waals surface area contributed by atoms with Crippen LogP contribution in [0.2, 0.25) is 0 Å². The molecule has 0 bridgehead atoms. The maximum Gasteiger partial charge on any atom is 0.195 e. The Morgan fingerprint density at radius 3 is 2.04 bits per heavy atom. The van der Waals surface area contributed by atoms with Crippen molar-refractivity contribution in [3.63, 3.8) is 0 Å². The van der Waals surface area contributed by atoms with Crippen LogP contribution in [-0.4, -0.2) is 29.9 Å². The van der Waals surface area contributed by atoms with Gasteiger partial charge in [-0.2, -0.15) is 0 Å². The highest BCUT2D eigenvalue weighted by Crippen LogP contribution is 2.33. The maximum atomic E-state index is 11.9. The fraction of sp³-hybridized carbons (Fsp3) is 0.100. The number of methoxy groups -OCH3 is 2. The predicted molar refractivity (Wildman–Crippen MR) is 102 cm³/mol. The molecule has 26 heavy (non-hydrogen) atoms. The molecule has 5 nitrogen and oxygen atoms in total. The number of carbonyl (C=O) groups is 1. The third-order valence-electron chi connectivity index (χ3n) is 4.26. The molecule has 0 aliphatic heterocycles. The Morgan fingerprint density at radius 2 is 1.50 bits per heavy atom. The van der Waals surface area contributed by atoms with Gasteiger partial charge in [-0.1, -0.05) is 0 Å². The molecule has 0 amide bonds. The fourth-order valence-electron chi connectivity index (χ4n) is 2.91. The number of thiazole rings is 1. The lowest BCUT2D eigenvalue weighted by Crippen LogP contribution is -1.94. The molecular formula is C20H16N2O3S. The second kappa shape index (κ2) is 6.65. The largest absolute Gasteiger partial charge is 0.497 e. The van der Waals surface area contributed by atoms with E-state index in [1.165, 1.54) is 11.3 Å². The first-order chi connectivity index (χ1) is 12.7. The molecular weight excluding hydrogens is 348 g/mol. The van der Waals surface area contributed by atoms with E-state index in [1.807, 2.05) is 58.3 Å². The first-order valence-electron chi connectivity index (χ1n) is 7.99. The van der Waals surface area contributed by atoms with E-state index in [9.17, 15) is 4.79 Å². The molecule has 130 valence electrons. The van der Waals surface area contributed by atoms with Gasteiger partial charge < -0.3 is 9.47 Å². The maximum absolute atomic E-state index is 11.9. The van der Waals surface area contributed by atoms with Gasteiger partial charge in [-0.05, 0) is 54.1 Å². The highest BCUT2D eigenvalue weighted by atomic mass is 32.1. The number of aldehydes is 1. The highest BCUT2D eigenvalue weighted by molar-refractivity contribution is 7.15. The summed E-state index contributed by atoms with van der Waals surface area (Å²) in [5, 5.41) is 2.01. The Morgan fingerprint density at radius 1 is 0.923 bits per heavy atom. The van der Waals surface area contributed by atoms with Gasteiger partial charge in [0, 0.05) is 10.9 Å². The van der Waals surface area contributed by atoms with Crippen molar-refractivity contribution in [2.24, 2.45) is 0 Å². The summed E-state index contributed by atoms with van der Waals surface area (Å²) >= 11 is 1.51. The molecule has 2 aromatic carbocycles.